The minimum atomic E-state index is -0.906. The monoisotopic (exact) mass is 258 g/mol. The zero-order valence-electron chi connectivity index (χ0n) is 11.1. The third-order valence-electron chi connectivity index (χ3n) is 2.92. The number of benzene rings is 2. The lowest BCUT2D eigenvalue weighted by Crippen LogP contribution is -1.93. The Kier molecular flexibility index (Phi) is 3.97. The first kappa shape index (κ1) is 13.0. The maximum Gasteiger partial charge on any atom is 0.0498 e. The van der Waals surface area contributed by atoms with Gasteiger partial charge in [0, 0.05) is 22.0 Å². The summed E-state index contributed by atoms with van der Waals surface area (Å²) in [6.45, 7) is 4.24. The van der Waals surface area contributed by atoms with Crippen LogP contribution >= 0.6 is 0 Å². The van der Waals surface area contributed by atoms with Gasteiger partial charge >= 0.3 is 0 Å². The lowest BCUT2D eigenvalue weighted by atomic mass is 10.0. The molecule has 0 spiro atoms. The summed E-state index contributed by atoms with van der Waals surface area (Å²) in [5.74, 6) is 0. The fraction of sp³-hybridized carbons (Fsp3) is 0.250. The van der Waals surface area contributed by atoms with Crippen LogP contribution in [0, 0.1) is 13.8 Å². The number of rotatable bonds is 3. The van der Waals surface area contributed by atoms with E-state index < -0.39 is 10.8 Å². The molecule has 0 bridgehead atoms. The molecule has 0 amide bonds. The second-order valence-corrected chi connectivity index (χ2v) is 6.15. The SMILES string of the molecule is Cc1cc(C)cc(Cc2cccc(S(C)=O)c2)c1. The third-order valence-corrected chi connectivity index (χ3v) is 3.84. The first-order valence-electron chi connectivity index (χ1n) is 6.04. The van der Waals surface area contributed by atoms with Crippen LogP contribution < -0.4 is 0 Å². The molecule has 2 rings (SSSR count). The average Bonchev–Trinajstić information content (AvgIpc) is 2.27. The first-order valence-corrected chi connectivity index (χ1v) is 7.60. The molecule has 0 aliphatic rings. The van der Waals surface area contributed by atoms with E-state index in [1.54, 1.807) is 6.26 Å². The molecule has 18 heavy (non-hydrogen) atoms. The predicted octanol–water partition coefficient (Wildman–Crippen LogP) is 3.63. The van der Waals surface area contributed by atoms with Crippen molar-refractivity contribution in [1.29, 1.82) is 0 Å². The highest BCUT2D eigenvalue weighted by Crippen LogP contribution is 2.16. The van der Waals surface area contributed by atoms with E-state index >= 15 is 0 Å². The molecule has 2 aromatic rings. The molecule has 0 saturated heterocycles. The zero-order chi connectivity index (χ0) is 13.1. The molecule has 2 heteroatoms. The predicted molar refractivity (Wildman–Crippen MR) is 77.5 cm³/mol. The Labute approximate surface area is 111 Å². The van der Waals surface area contributed by atoms with Crippen LogP contribution in [-0.4, -0.2) is 10.5 Å². The van der Waals surface area contributed by atoms with E-state index in [0.717, 1.165) is 11.3 Å². The maximum absolute atomic E-state index is 11.5. The molecule has 0 aliphatic carbocycles. The zero-order valence-corrected chi connectivity index (χ0v) is 11.9. The molecule has 0 aliphatic heterocycles. The van der Waals surface area contributed by atoms with Gasteiger partial charge in [0.1, 0.15) is 0 Å². The minimum absolute atomic E-state index is 0.896. The standard InChI is InChI=1S/C16H18OS/c1-12-7-13(2)9-15(8-12)10-14-5-4-6-16(11-14)18(3)17/h4-9,11H,10H2,1-3H3. The fourth-order valence-corrected chi connectivity index (χ4v) is 2.83. The molecule has 94 valence electrons. The van der Waals surface area contributed by atoms with Crippen LogP contribution in [0.5, 0.6) is 0 Å². The van der Waals surface area contributed by atoms with Crippen molar-refractivity contribution >= 4 is 10.8 Å². The second-order valence-electron chi connectivity index (χ2n) is 4.77. The van der Waals surface area contributed by atoms with Crippen LogP contribution in [0.4, 0.5) is 0 Å². The van der Waals surface area contributed by atoms with Gasteiger partial charge in [-0.2, -0.15) is 0 Å². The van der Waals surface area contributed by atoms with E-state index in [1.165, 1.54) is 22.3 Å². The summed E-state index contributed by atoms with van der Waals surface area (Å²) in [7, 11) is -0.906. The van der Waals surface area contributed by atoms with E-state index in [0.29, 0.717) is 0 Å². The molecule has 1 atom stereocenters. The highest BCUT2D eigenvalue weighted by atomic mass is 32.2. The Morgan fingerprint density at radius 2 is 1.61 bits per heavy atom. The molecule has 0 N–H and O–H groups in total. The number of hydrogen-bond acceptors (Lipinski definition) is 1. The van der Waals surface area contributed by atoms with Crippen molar-refractivity contribution in [1.82, 2.24) is 0 Å². The normalized spacial score (nSPS) is 12.4. The first-order chi connectivity index (χ1) is 8.54. The summed E-state index contributed by atoms with van der Waals surface area (Å²) in [6, 6.07) is 14.6. The molecule has 1 unspecified atom stereocenters. The summed E-state index contributed by atoms with van der Waals surface area (Å²) in [4.78, 5) is 0.900. The molecular formula is C16H18OS. The van der Waals surface area contributed by atoms with Crippen LogP contribution in [0.1, 0.15) is 22.3 Å². The molecule has 0 aromatic heterocycles. The van der Waals surface area contributed by atoms with Gasteiger partial charge in [0.2, 0.25) is 0 Å². The van der Waals surface area contributed by atoms with Gasteiger partial charge in [-0.15, -0.1) is 0 Å². The van der Waals surface area contributed by atoms with Gasteiger partial charge in [0.25, 0.3) is 0 Å². The smallest absolute Gasteiger partial charge is 0.0498 e. The van der Waals surface area contributed by atoms with Crippen LogP contribution in [-0.2, 0) is 17.2 Å². The highest BCUT2D eigenvalue weighted by Gasteiger charge is 2.02. The Morgan fingerprint density at radius 3 is 2.22 bits per heavy atom. The van der Waals surface area contributed by atoms with Crippen LogP contribution in [0.25, 0.3) is 0 Å². The van der Waals surface area contributed by atoms with Crippen molar-refractivity contribution in [2.75, 3.05) is 6.26 Å². The van der Waals surface area contributed by atoms with E-state index in [-0.39, 0.29) is 0 Å². The Morgan fingerprint density at radius 1 is 0.944 bits per heavy atom. The molecule has 0 heterocycles. The topological polar surface area (TPSA) is 17.1 Å². The van der Waals surface area contributed by atoms with Crippen LogP contribution in [0.3, 0.4) is 0 Å². The fourth-order valence-electron chi connectivity index (χ4n) is 2.24. The van der Waals surface area contributed by atoms with Gasteiger partial charge in [-0.05, 0) is 43.5 Å². The van der Waals surface area contributed by atoms with Crippen LogP contribution in [0.15, 0.2) is 47.4 Å². The lowest BCUT2D eigenvalue weighted by molar-refractivity contribution is 0.686. The summed E-state index contributed by atoms with van der Waals surface area (Å²) in [5, 5.41) is 0. The number of aryl methyl sites for hydroxylation is 2. The quantitative estimate of drug-likeness (QED) is 0.821. The molecule has 1 nitrogen and oxygen atoms in total. The van der Waals surface area contributed by atoms with Crippen molar-refractivity contribution in [2.24, 2.45) is 0 Å². The molecular weight excluding hydrogens is 240 g/mol. The van der Waals surface area contributed by atoms with Gasteiger partial charge in [0.05, 0.1) is 0 Å². The van der Waals surface area contributed by atoms with Crippen molar-refractivity contribution in [3.8, 4) is 0 Å². The summed E-state index contributed by atoms with van der Waals surface area (Å²) < 4.78 is 11.5. The average molecular weight is 258 g/mol. The molecule has 2 aromatic carbocycles. The minimum Gasteiger partial charge on any atom is -0.255 e. The van der Waals surface area contributed by atoms with E-state index in [2.05, 4.69) is 38.1 Å². The largest absolute Gasteiger partial charge is 0.255 e. The maximum atomic E-state index is 11.5. The van der Waals surface area contributed by atoms with Crippen molar-refractivity contribution in [2.45, 2.75) is 25.2 Å². The third kappa shape index (κ3) is 3.30. The Balaban J connectivity index is 2.28. The molecule has 0 radical (unpaired) electrons. The van der Waals surface area contributed by atoms with Crippen molar-refractivity contribution < 1.29 is 4.21 Å². The summed E-state index contributed by atoms with van der Waals surface area (Å²) >= 11 is 0. The van der Waals surface area contributed by atoms with Gasteiger partial charge in [-0.1, -0.05) is 41.5 Å². The lowest BCUT2D eigenvalue weighted by Gasteiger charge is -2.06. The van der Waals surface area contributed by atoms with Crippen LogP contribution in [0.2, 0.25) is 0 Å². The van der Waals surface area contributed by atoms with E-state index in [9.17, 15) is 4.21 Å². The van der Waals surface area contributed by atoms with Gasteiger partial charge in [-0.25, -0.2) is 0 Å². The summed E-state index contributed by atoms with van der Waals surface area (Å²) in [5.41, 5.74) is 5.11. The van der Waals surface area contributed by atoms with Crippen molar-refractivity contribution in [3.63, 3.8) is 0 Å². The Bertz CT molecular complexity index is 567. The highest BCUT2D eigenvalue weighted by molar-refractivity contribution is 7.84. The van der Waals surface area contributed by atoms with E-state index in [1.807, 2.05) is 18.2 Å². The van der Waals surface area contributed by atoms with Gasteiger partial charge in [-0.3, -0.25) is 4.21 Å². The molecule has 0 fully saturated rings. The second kappa shape index (κ2) is 5.49. The number of hydrogen-bond donors (Lipinski definition) is 0. The van der Waals surface area contributed by atoms with Gasteiger partial charge < -0.3 is 0 Å². The summed E-state index contributed by atoms with van der Waals surface area (Å²) in [6.07, 6.45) is 2.61. The Hall–Kier alpha value is -1.41. The van der Waals surface area contributed by atoms with Gasteiger partial charge in [0.15, 0.2) is 0 Å². The van der Waals surface area contributed by atoms with E-state index in [4.69, 9.17) is 0 Å². The van der Waals surface area contributed by atoms with Crippen molar-refractivity contribution in [3.05, 3.63) is 64.7 Å². The molecule has 0 saturated carbocycles.